The van der Waals surface area contributed by atoms with Gasteiger partial charge in [-0.15, -0.1) is 0 Å². The standard InChI is InChI=1S/C16H24N4O2/c1-20(11-16(22)18-12-21)10-13-2-4-14(5-3-13)19-15-6-8-17-9-7-15/h2-5,12,15,17,19H,6-11H2,1H3,(H,18,21,22). The summed E-state index contributed by atoms with van der Waals surface area (Å²) in [6.45, 7) is 3.01. The third-order valence-electron chi connectivity index (χ3n) is 3.75. The summed E-state index contributed by atoms with van der Waals surface area (Å²) in [4.78, 5) is 23.4. The Hall–Kier alpha value is -1.92. The molecule has 3 N–H and O–H groups in total. The molecule has 0 aliphatic carbocycles. The number of hydrogen-bond acceptors (Lipinski definition) is 5. The Balaban J connectivity index is 1.80. The number of imide groups is 1. The number of benzene rings is 1. The van der Waals surface area contributed by atoms with Gasteiger partial charge in [-0.3, -0.25) is 19.8 Å². The van der Waals surface area contributed by atoms with Gasteiger partial charge in [-0.05, 0) is 50.7 Å². The second-order valence-corrected chi connectivity index (χ2v) is 5.72. The van der Waals surface area contributed by atoms with Crippen LogP contribution >= 0.6 is 0 Å². The summed E-state index contributed by atoms with van der Waals surface area (Å²) < 4.78 is 0. The van der Waals surface area contributed by atoms with Gasteiger partial charge in [-0.2, -0.15) is 0 Å². The fraction of sp³-hybridized carbons (Fsp3) is 0.500. The van der Waals surface area contributed by atoms with Crippen molar-refractivity contribution >= 4 is 18.0 Å². The highest BCUT2D eigenvalue weighted by molar-refractivity contribution is 5.87. The van der Waals surface area contributed by atoms with Crippen LogP contribution in [-0.2, 0) is 16.1 Å². The molecule has 0 aromatic heterocycles. The van der Waals surface area contributed by atoms with Gasteiger partial charge in [0, 0.05) is 18.3 Å². The van der Waals surface area contributed by atoms with Crippen LogP contribution in [0, 0.1) is 0 Å². The van der Waals surface area contributed by atoms with Crippen molar-refractivity contribution in [2.75, 3.05) is 32.0 Å². The van der Waals surface area contributed by atoms with Crippen LogP contribution in [0.5, 0.6) is 0 Å². The highest BCUT2D eigenvalue weighted by Crippen LogP contribution is 2.15. The van der Waals surface area contributed by atoms with Gasteiger partial charge in [-0.25, -0.2) is 0 Å². The molecule has 1 aromatic rings. The molecule has 6 heteroatoms. The Kier molecular flexibility index (Phi) is 6.36. The molecular weight excluding hydrogens is 280 g/mol. The Morgan fingerprint density at radius 3 is 2.64 bits per heavy atom. The van der Waals surface area contributed by atoms with Gasteiger partial charge in [0.2, 0.25) is 12.3 Å². The first-order chi connectivity index (χ1) is 10.7. The molecule has 0 saturated carbocycles. The van der Waals surface area contributed by atoms with E-state index in [-0.39, 0.29) is 12.5 Å². The lowest BCUT2D eigenvalue weighted by atomic mass is 10.1. The van der Waals surface area contributed by atoms with Gasteiger partial charge in [0.15, 0.2) is 0 Å². The summed E-state index contributed by atoms with van der Waals surface area (Å²) in [5.74, 6) is -0.290. The van der Waals surface area contributed by atoms with Crippen LogP contribution in [0.3, 0.4) is 0 Å². The number of anilines is 1. The van der Waals surface area contributed by atoms with Gasteiger partial charge < -0.3 is 10.6 Å². The quantitative estimate of drug-likeness (QED) is 0.642. The lowest BCUT2D eigenvalue weighted by Gasteiger charge is -2.24. The number of likely N-dealkylation sites (N-methyl/N-ethyl adjacent to an activating group) is 1. The monoisotopic (exact) mass is 304 g/mol. The zero-order valence-corrected chi connectivity index (χ0v) is 13.0. The molecule has 1 fully saturated rings. The normalized spacial score (nSPS) is 15.5. The molecule has 0 spiro atoms. The summed E-state index contributed by atoms with van der Waals surface area (Å²) in [5, 5.41) is 9.05. The van der Waals surface area contributed by atoms with E-state index in [0.29, 0.717) is 19.0 Å². The van der Waals surface area contributed by atoms with E-state index in [9.17, 15) is 9.59 Å². The van der Waals surface area contributed by atoms with E-state index in [4.69, 9.17) is 0 Å². The van der Waals surface area contributed by atoms with Gasteiger partial charge in [0.25, 0.3) is 0 Å². The Morgan fingerprint density at radius 1 is 1.32 bits per heavy atom. The second kappa shape index (κ2) is 8.51. The van der Waals surface area contributed by atoms with Crippen molar-refractivity contribution in [2.24, 2.45) is 0 Å². The highest BCUT2D eigenvalue weighted by atomic mass is 16.2. The number of hydrogen-bond donors (Lipinski definition) is 3. The number of carbonyl (C=O) groups excluding carboxylic acids is 2. The molecule has 120 valence electrons. The third kappa shape index (κ3) is 5.46. The summed E-state index contributed by atoms with van der Waals surface area (Å²) in [7, 11) is 1.85. The largest absolute Gasteiger partial charge is 0.382 e. The molecule has 1 heterocycles. The van der Waals surface area contributed by atoms with Crippen molar-refractivity contribution in [1.29, 1.82) is 0 Å². The third-order valence-corrected chi connectivity index (χ3v) is 3.75. The lowest BCUT2D eigenvalue weighted by Crippen LogP contribution is -2.35. The zero-order chi connectivity index (χ0) is 15.8. The van der Waals surface area contributed by atoms with Crippen molar-refractivity contribution in [3.63, 3.8) is 0 Å². The van der Waals surface area contributed by atoms with Gasteiger partial charge in [0.1, 0.15) is 0 Å². The first kappa shape index (κ1) is 16.5. The molecule has 0 atom stereocenters. The summed E-state index contributed by atoms with van der Waals surface area (Å²) >= 11 is 0. The number of piperidine rings is 1. The Labute approximate surface area is 131 Å². The molecule has 0 unspecified atom stereocenters. The lowest BCUT2D eigenvalue weighted by molar-refractivity contribution is -0.125. The number of nitrogens with one attached hydrogen (secondary N) is 3. The maximum absolute atomic E-state index is 11.3. The molecule has 6 nitrogen and oxygen atoms in total. The van der Waals surface area contributed by atoms with Gasteiger partial charge in [-0.1, -0.05) is 12.1 Å². The second-order valence-electron chi connectivity index (χ2n) is 5.72. The predicted molar refractivity (Wildman–Crippen MR) is 86.5 cm³/mol. The van der Waals surface area contributed by atoms with Crippen molar-refractivity contribution in [3.05, 3.63) is 29.8 Å². The molecule has 1 aliphatic rings. The van der Waals surface area contributed by atoms with Crippen LogP contribution in [0.15, 0.2) is 24.3 Å². The average molecular weight is 304 g/mol. The van der Waals surface area contributed by atoms with Gasteiger partial charge in [0.05, 0.1) is 6.54 Å². The fourth-order valence-corrected chi connectivity index (χ4v) is 2.63. The molecule has 2 amide bonds. The Morgan fingerprint density at radius 2 is 2.00 bits per heavy atom. The minimum Gasteiger partial charge on any atom is -0.382 e. The average Bonchev–Trinajstić information content (AvgIpc) is 2.50. The maximum Gasteiger partial charge on any atom is 0.240 e. The van der Waals surface area contributed by atoms with E-state index in [1.54, 1.807) is 0 Å². The van der Waals surface area contributed by atoms with E-state index >= 15 is 0 Å². The van der Waals surface area contributed by atoms with Crippen LogP contribution in [0.2, 0.25) is 0 Å². The van der Waals surface area contributed by atoms with Crippen LogP contribution in [0.4, 0.5) is 5.69 Å². The fourth-order valence-electron chi connectivity index (χ4n) is 2.63. The molecule has 22 heavy (non-hydrogen) atoms. The van der Waals surface area contributed by atoms with Crippen molar-refractivity contribution in [3.8, 4) is 0 Å². The molecule has 1 aliphatic heterocycles. The SMILES string of the molecule is CN(CC(=O)NC=O)Cc1ccc(NC2CCNCC2)cc1. The highest BCUT2D eigenvalue weighted by Gasteiger charge is 2.12. The maximum atomic E-state index is 11.3. The summed E-state index contributed by atoms with van der Waals surface area (Å²) in [6, 6.07) is 8.84. The van der Waals surface area contributed by atoms with E-state index in [1.807, 2.05) is 11.9 Å². The van der Waals surface area contributed by atoms with Crippen LogP contribution in [0.25, 0.3) is 0 Å². The molecule has 0 bridgehead atoms. The minimum absolute atomic E-state index is 0.202. The summed E-state index contributed by atoms with van der Waals surface area (Å²) in [5.41, 5.74) is 2.27. The van der Waals surface area contributed by atoms with Crippen LogP contribution in [0.1, 0.15) is 18.4 Å². The van der Waals surface area contributed by atoms with Gasteiger partial charge >= 0.3 is 0 Å². The van der Waals surface area contributed by atoms with Crippen LogP contribution in [-0.4, -0.2) is 49.9 Å². The molecule has 1 saturated heterocycles. The summed E-state index contributed by atoms with van der Waals surface area (Å²) in [6.07, 6.45) is 2.71. The number of rotatable bonds is 7. The van der Waals surface area contributed by atoms with Crippen molar-refractivity contribution in [1.82, 2.24) is 15.5 Å². The van der Waals surface area contributed by atoms with Crippen LogP contribution < -0.4 is 16.0 Å². The van der Waals surface area contributed by atoms with Crippen molar-refractivity contribution < 1.29 is 9.59 Å². The smallest absolute Gasteiger partial charge is 0.240 e. The molecular formula is C16H24N4O2. The molecule has 2 rings (SSSR count). The van der Waals surface area contributed by atoms with E-state index in [1.165, 1.54) is 0 Å². The zero-order valence-electron chi connectivity index (χ0n) is 13.0. The van der Waals surface area contributed by atoms with E-state index < -0.39 is 0 Å². The van der Waals surface area contributed by atoms with E-state index in [0.717, 1.165) is 37.2 Å². The van der Waals surface area contributed by atoms with Crippen molar-refractivity contribution in [2.45, 2.75) is 25.4 Å². The number of amides is 2. The molecule has 1 aromatic carbocycles. The van der Waals surface area contributed by atoms with E-state index in [2.05, 4.69) is 40.2 Å². The number of nitrogens with zero attached hydrogens (tertiary/aromatic N) is 1. The first-order valence-electron chi connectivity index (χ1n) is 7.65. The minimum atomic E-state index is -0.290. The number of carbonyl (C=O) groups is 2. The Bertz CT molecular complexity index is 483. The molecule has 0 radical (unpaired) electrons. The topological polar surface area (TPSA) is 73.5 Å². The predicted octanol–water partition coefficient (Wildman–Crippen LogP) is 0.555. The first-order valence-corrected chi connectivity index (χ1v) is 7.65.